The number of methoxy groups -OCH3 is 2. The Bertz CT molecular complexity index is 3240. The minimum absolute atomic E-state index is 0.679. The maximum absolute atomic E-state index is 6.48. The SMILES string of the molecule is COc1ccnc(-n2c3ccccc3c3ccc(Oc4cccc(-c5cnc(-c6cccc(Oc7ccc8c9ccccc9n(-c9cc(OC)ccn9)c8c7)c6)cn5)c4)cc32)c1. The van der Waals surface area contributed by atoms with Crippen LogP contribution >= 0.6 is 0 Å². The van der Waals surface area contributed by atoms with Gasteiger partial charge in [-0.1, -0.05) is 60.7 Å². The van der Waals surface area contributed by atoms with Gasteiger partial charge in [-0.2, -0.15) is 0 Å². The van der Waals surface area contributed by atoms with E-state index in [2.05, 4.69) is 55.5 Å². The van der Waals surface area contributed by atoms with E-state index in [4.69, 9.17) is 28.9 Å². The number of hydrogen-bond acceptors (Lipinski definition) is 8. The van der Waals surface area contributed by atoms with E-state index in [-0.39, 0.29) is 0 Å². The van der Waals surface area contributed by atoms with Crippen LogP contribution in [0, 0.1) is 0 Å². The van der Waals surface area contributed by atoms with Gasteiger partial charge >= 0.3 is 0 Å². The van der Waals surface area contributed by atoms with Crippen molar-refractivity contribution < 1.29 is 18.9 Å². The third kappa shape index (κ3) is 6.56. The molecule has 5 aromatic heterocycles. The summed E-state index contributed by atoms with van der Waals surface area (Å²) in [5.41, 5.74) is 7.25. The highest BCUT2D eigenvalue weighted by Crippen LogP contribution is 2.38. The molecule has 0 unspecified atom stereocenters. The summed E-state index contributed by atoms with van der Waals surface area (Å²) < 4.78 is 28.3. The minimum Gasteiger partial charge on any atom is -0.497 e. The predicted molar refractivity (Wildman–Crippen MR) is 243 cm³/mol. The molecule has 10 nitrogen and oxygen atoms in total. The molecule has 0 saturated carbocycles. The number of fused-ring (bicyclic) bond motifs is 6. The van der Waals surface area contributed by atoms with Crippen LogP contribution in [-0.4, -0.2) is 43.3 Å². The van der Waals surface area contributed by atoms with Gasteiger partial charge in [0.25, 0.3) is 0 Å². The Labute approximate surface area is 355 Å². The van der Waals surface area contributed by atoms with Gasteiger partial charge in [0.2, 0.25) is 0 Å². The highest BCUT2D eigenvalue weighted by atomic mass is 16.5. The first-order valence-electron chi connectivity index (χ1n) is 20.1. The van der Waals surface area contributed by atoms with Crippen molar-refractivity contribution in [3.8, 4) is 68.6 Å². The molecule has 6 aromatic carbocycles. The highest BCUT2D eigenvalue weighted by Gasteiger charge is 2.17. The lowest BCUT2D eigenvalue weighted by Gasteiger charge is -2.11. The Balaban J connectivity index is 0.849. The lowest BCUT2D eigenvalue weighted by atomic mass is 10.1. The van der Waals surface area contributed by atoms with E-state index in [1.54, 1.807) is 39.0 Å². The maximum Gasteiger partial charge on any atom is 0.141 e. The van der Waals surface area contributed by atoms with E-state index in [0.29, 0.717) is 23.0 Å². The molecule has 298 valence electrons. The molecule has 0 aliphatic carbocycles. The Hall–Kier alpha value is -8.50. The molecule has 0 N–H and O–H groups in total. The summed E-state index contributed by atoms with van der Waals surface area (Å²) in [4.78, 5) is 19.0. The zero-order valence-electron chi connectivity index (χ0n) is 33.6. The number of para-hydroxylation sites is 2. The van der Waals surface area contributed by atoms with Crippen molar-refractivity contribution >= 4 is 43.6 Å². The first-order chi connectivity index (χ1) is 30.6. The Kier molecular flexibility index (Phi) is 9.01. The number of hydrogen-bond donors (Lipinski definition) is 0. The lowest BCUT2D eigenvalue weighted by Crippen LogP contribution is -1.98. The monoisotopic (exact) mass is 808 g/mol. The molecular formula is C52H36N6O4. The van der Waals surface area contributed by atoms with Gasteiger partial charge in [0, 0.05) is 69.3 Å². The van der Waals surface area contributed by atoms with Gasteiger partial charge in [0.1, 0.15) is 46.1 Å². The fourth-order valence-electron chi connectivity index (χ4n) is 8.16. The van der Waals surface area contributed by atoms with Crippen molar-refractivity contribution in [1.29, 1.82) is 0 Å². The number of pyridine rings is 2. The standard InChI is InChI=1S/C52H36N6O4/c1-59-35-21-23-53-51(29-35)57-47-15-5-3-13-41(47)43-19-17-39(27-49(43)57)61-37-11-7-9-33(25-37)45-31-56-46(32-55-45)34-10-8-12-38(26-34)62-40-18-20-44-42-14-4-6-16-48(42)58(50(44)28-40)52-30-36(60-2)22-24-54-52/h3-32H,1-2H3. The summed E-state index contributed by atoms with van der Waals surface area (Å²) in [6.07, 6.45) is 7.08. The fraction of sp³-hybridized carbons (Fsp3) is 0.0385. The molecule has 0 amide bonds. The van der Waals surface area contributed by atoms with Gasteiger partial charge in [0.05, 0.1) is 60.1 Å². The predicted octanol–water partition coefficient (Wildman–Crippen LogP) is 12.4. The second-order valence-electron chi connectivity index (χ2n) is 14.7. The van der Waals surface area contributed by atoms with Gasteiger partial charge in [-0.05, 0) is 72.8 Å². The van der Waals surface area contributed by atoms with Gasteiger partial charge in [-0.25, -0.2) is 9.97 Å². The summed E-state index contributed by atoms with van der Waals surface area (Å²) >= 11 is 0. The Morgan fingerprint density at radius 1 is 0.355 bits per heavy atom. The molecule has 62 heavy (non-hydrogen) atoms. The smallest absolute Gasteiger partial charge is 0.141 e. The average Bonchev–Trinajstić information content (AvgIpc) is 3.84. The molecule has 0 atom stereocenters. The van der Waals surface area contributed by atoms with E-state index in [9.17, 15) is 0 Å². The minimum atomic E-state index is 0.679. The van der Waals surface area contributed by atoms with Crippen molar-refractivity contribution in [2.75, 3.05) is 14.2 Å². The molecular weight excluding hydrogens is 773 g/mol. The second kappa shape index (κ2) is 15.3. The molecule has 0 saturated heterocycles. The molecule has 0 bridgehead atoms. The fourth-order valence-corrected chi connectivity index (χ4v) is 8.16. The number of aromatic nitrogens is 6. The maximum atomic E-state index is 6.48. The molecule has 0 aliphatic heterocycles. The topological polar surface area (TPSA) is 98.3 Å². The van der Waals surface area contributed by atoms with E-state index >= 15 is 0 Å². The molecule has 0 aliphatic rings. The van der Waals surface area contributed by atoms with Crippen LogP contribution in [0.25, 0.3) is 77.8 Å². The van der Waals surface area contributed by atoms with Crippen LogP contribution in [-0.2, 0) is 0 Å². The molecule has 0 radical (unpaired) electrons. The van der Waals surface area contributed by atoms with Crippen LogP contribution in [0.1, 0.15) is 0 Å². The van der Waals surface area contributed by atoms with Crippen LogP contribution in [0.5, 0.6) is 34.5 Å². The first-order valence-corrected chi connectivity index (χ1v) is 20.1. The number of benzene rings is 6. The van der Waals surface area contributed by atoms with Gasteiger partial charge < -0.3 is 18.9 Å². The van der Waals surface area contributed by atoms with Crippen LogP contribution in [0.2, 0.25) is 0 Å². The largest absolute Gasteiger partial charge is 0.497 e. The van der Waals surface area contributed by atoms with E-state index in [1.165, 1.54) is 0 Å². The summed E-state index contributed by atoms with van der Waals surface area (Å²) in [6, 6.07) is 52.2. The quantitative estimate of drug-likeness (QED) is 0.135. The Morgan fingerprint density at radius 3 is 1.24 bits per heavy atom. The molecule has 0 fully saturated rings. The average molecular weight is 809 g/mol. The Morgan fingerprint density at radius 2 is 0.790 bits per heavy atom. The van der Waals surface area contributed by atoms with Crippen LogP contribution in [0.4, 0.5) is 0 Å². The van der Waals surface area contributed by atoms with Crippen LogP contribution in [0.15, 0.2) is 183 Å². The lowest BCUT2D eigenvalue weighted by molar-refractivity contribution is 0.414. The molecule has 11 aromatic rings. The van der Waals surface area contributed by atoms with Crippen molar-refractivity contribution in [3.05, 3.63) is 183 Å². The number of ether oxygens (including phenoxy) is 4. The normalized spacial score (nSPS) is 11.4. The summed E-state index contributed by atoms with van der Waals surface area (Å²) in [7, 11) is 3.32. The third-order valence-electron chi connectivity index (χ3n) is 11.0. The summed E-state index contributed by atoms with van der Waals surface area (Å²) in [5.74, 6) is 5.74. The van der Waals surface area contributed by atoms with Crippen molar-refractivity contribution in [2.45, 2.75) is 0 Å². The first kappa shape index (κ1) is 36.6. The van der Waals surface area contributed by atoms with Crippen LogP contribution in [0.3, 0.4) is 0 Å². The van der Waals surface area contributed by atoms with Crippen molar-refractivity contribution in [2.24, 2.45) is 0 Å². The molecule has 10 heteroatoms. The van der Waals surface area contributed by atoms with E-state index < -0.39 is 0 Å². The van der Waals surface area contributed by atoms with Gasteiger partial charge in [-0.15, -0.1) is 0 Å². The summed E-state index contributed by atoms with van der Waals surface area (Å²) in [6.45, 7) is 0. The molecule has 5 heterocycles. The van der Waals surface area contributed by atoms with Gasteiger partial charge in [-0.3, -0.25) is 19.1 Å². The summed E-state index contributed by atoms with van der Waals surface area (Å²) in [5, 5.41) is 4.46. The van der Waals surface area contributed by atoms with Crippen molar-refractivity contribution in [1.82, 2.24) is 29.1 Å². The zero-order chi connectivity index (χ0) is 41.6. The van der Waals surface area contributed by atoms with Gasteiger partial charge in [0.15, 0.2) is 0 Å². The molecule has 0 spiro atoms. The molecule has 11 rings (SSSR count). The number of nitrogens with zero attached hydrogens (tertiary/aromatic N) is 6. The number of rotatable bonds is 10. The van der Waals surface area contributed by atoms with E-state index in [1.807, 2.05) is 121 Å². The van der Waals surface area contributed by atoms with Crippen molar-refractivity contribution in [3.63, 3.8) is 0 Å². The van der Waals surface area contributed by atoms with Crippen LogP contribution < -0.4 is 18.9 Å². The van der Waals surface area contributed by atoms with E-state index in [0.717, 1.165) is 89.3 Å². The third-order valence-corrected chi connectivity index (χ3v) is 11.0. The second-order valence-corrected chi connectivity index (χ2v) is 14.7. The highest BCUT2D eigenvalue weighted by molar-refractivity contribution is 6.10. The zero-order valence-corrected chi connectivity index (χ0v) is 33.6.